The van der Waals surface area contributed by atoms with Gasteiger partial charge in [0.25, 0.3) is 5.91 Å². The van der Waals surface area contributed by atoms with E-state index >= 15 is 0 Å². The van der Waals surface area contributed by atoms with E-state index in [2.05, 4.69) is 20.5 Å². The summed E-state index contributed by atoms with van der Waals surface area (Å²) in [7, 11) is 0. The van der Waals surface area contributed by atoms with Crippen molar-refractivity contribution < 1.29 is 4.79 Å². The highest BCUT2D eigenvalue weighted by Gasteiger charge is 2.12. The fraction of sp³-hybridized carbons (Fsp3) is 0.133. The molecular formula is C15H15N5O. The molecule has 0 radical (unpaired) electrons. The molecule has 3 aromatic rings. The summed E-state index contributed by atoms with van der Waals surface area (Å²) < 4.78 is 1.95. The Morgan fingerprint density at radius 2 is 2.14 bits per heavy atom. The maximum atomic E-state index is 12.1. The van der Waals surface area contributed by atoms with E-state index in [9.17, 15) is 4.79 Å². The number of amides is 1. The van der Waals surface area contributed by atoms with Gasteiger partial charge in [0, 0.05) is 23.8 Å². The fourth-order valence-corrected chi connectivity index (χ4v) is 2.12. The highest BCUT2D eigenvalue weighted by atomic mass is 16.1. The maximum absolute atomic E-state index is 12.1. The van der Waals surface area contributed by atoms with E-state index in [0.29, 0.717) is 12.1 Å². The van der Waals surface area contributed by atoms with Crippen LogP contribution in [0.25, 0.3) is 5.69 Å². The lowest BCUT2D eigenvalue weighted by atomic mass is 10.2. The minimum Gasteiger partial charge on any atom is -0.345 e. The van der Waals surface area contributed by atoms with Crippen LogP contribution in [0.4, 0.5) is 0 Å². The van der Waals surface area contributed by atoms with Gasteiger partial charge < -0.3 is 9.88 Å². The molecule has 0 unspecified atom stereocenters. The number of nitrogens with one attached hydrogen (secondary N) is 2. The second kappa shape index (κ2) is 5.62. The van der Waals surface area contributed by atoms with E-state index in [1.54, 1.807) is 6.20 Å². The number of carbonyl (C=O) groups excluding carboxylic acids is 1. The van der Waals surface area contributed by atoms with E-state index in [0.717, 1.165) is 17.2 Å². The van der Waals surface area contributed by atoms with Crippen molar-refractivity contribution in [1.29, 1.82) is 0 Å². The maximum Gasteiger partial charge on any atom is 0.255 e. The molecule has 0 aliphatic carbocycles. The smallest absolute Gasteiger partial charge is 0.255 e. The van der Waals surface area contributed by atoms with Crippen molar-refractivity contribution >= 4 is 5.91 Å². The number of hydrogen-bond donors (Lipinski definition) is 2. The van der Waals surface area contributed by atoms with Crippen molar-refractivity contribution in [2.45, 2.75) is 13.5 Å². The van der Waals surface area contributed by atoms with Gasteiger partial charge in [0.15, 0.2) is 0 Å². The average Bonchev–Trinajstić information content (AvgIpc) is 3.14. The lowest BCUT2D eigenvalue weighted by Gasteiger charge is -2.08. The van der Waals surface area contributed by atoms with Crippen molar-refractivity contribution in [3.63, 3.8) is 0 Å². The van der Waals surface area contributed by atoms with Gasteiger partial charge in [-0.15, -0.1) is 0 Å². The number of rotatable bonds is 4. The molecular weight excluding hydrogens is 266 g/mol. The third kappa shape index (κ3) is 2.69. The van der Waals surface area contributed by atoms with E-state index in [1.165, 1.54) is 6.20 Å². The lowest BCUT2D eigenvalue weighted by molar-refractivity contribution is 0.0949. The third-order valence-electron chi connectivity index (χ3n) is 3.23. The molecule has 0 atom stereocenters. The Bertz CT molecular complexity index is 744. The van der Waals surface area contributed by atoms with Crippen LogP contribution in [0, 0.1) is 6.92 Å². The molecule has 0 fully saturated rings. The molecule has 0 bridgehead atoms. The molecule has 2 N–H and O–H groups in total. The number of aromatic nitrogens is 4. The molecule has 1 aromatic carbocycles. The first kappa shape index (κ1) is 13.1. The Morgan fingerprint density at radius 1 is 1.33 bits per heavy atom. The second-order valence-corrected chi connectivity index (χ2v) is 4.64. The first-order valence-corrected chi connectivity index (χ1v) is 6.61. The molecule has 0 spiro atoms. The minimum absolute atomic E-state index is 0.163. The molecule has 21 heavy (non-hydrogen) atoms. The molecule has 6 nitrogen and oxygen atoms in total. The zero-order valence-corrected chi connectivity index (χ0v) is 11.6. The van der Waals surface area contributed by atoms with Crippen LogP contribution in [0.3, 0.4) is 0 Å². The van der Waals surface area contributed by atoms with Crippen molar-refractivity contribution in [1.82, 2.24) is 25.1 Å². The number of carbonyl (C=O) groups is 1. The summed E-state index contributed by atoms with van der Waals surface area (Å²) in [5.74, 6) is 0.611. The van der Waals surface area contributed by atoms with Crippen molar-refractivity contribution in [3.8, 4) is 5.69 Å². The normalized spacial score (nSPS) is 10.5. The van der Waals surface area contributed by atoms with Crippen molar-refractivity contribution in [2.24, 2.45) is 0 Å². The fourth-order valence-electron chi connectivity index (χ4n) is 2.12. The van der Waals surface area contributed by atoms with Gasteiger partial charge in [-0.25, -0.2) is 4.98 Å². The first-order chi connectivity index (χ1) is 10.3. The van der Waals surface area contributed by atoms with Crippen LogP contribution >= 0.6 is 0 Å². The number of hydrogen-bond acceptors (Lipinski definition) is 3. The molecule has 1 amide bonds. The van der Waals surface area contributed by atoms with Gasteiger partial charge in [-0.2, -0.15) is 5.10 Å². The van der Waals surface area contributed by atoms with Crippen molar-refractivity contribution in [2.75, 3.05) is 0 Å². The van der Waals surface area contributed by atoms with E-state index < -0.39 is 0 Å². The summed E-state index contributed by atoms with van der Waals surface area (Å²) >= 11 is 0. The number of aromatic amines is 1. The topological polar surface area (TPSA) is 75.6 Å². The standard InChI is InChI=1S/C15H15N5O/c1-11-13(9-18-19-11)15(21)17-10-14-16-7-8-20(14)12-5-3-2-4-6-12/h2-9H,10H2,1H3,(H,17,21)(H,18,19). The Hall–Kier alpha value is -2.89. The molecule has 0 saturated heterocycles. The molecule has 0 aliphatic rings. The molecule has 6 heteroatoms. The summed E-state index contributed by atoms with van der Waals surface area (Å²) in [4.78, 5) is 16.4. The average molecular weight is 281 g/mol. The van der Waals surface area contributed by atoms with Gasteiger partial charge in [-0.05, 0) is 19.1 Å². The van der Waals surface area contributed by atoms with Crippen LogP contribution in [0.15, 0.2) is 48.9 Å². The van der Waals surface area contributed by atoms with Crippen LogP contribution in [0.2, 0.25) is 0 Å². The van der Waals surface area contributed by atoms with Crippen LogP contribution in [0.5, 0.6) is 0 Å². The predicted octanol–water partition coefficient (Wildman–Crippen LogP) is 1.83. The molecule has 2 aromatic heterocycles. The summed E-state index contributed by atoms with van der Waals surface area (Å²) in [6.07, 6.45) is 5.12. The zero-order valence-electron chi connectivity index (χ0n) is 11.6. The Kier molecular flexibility index (Phi) is 3.51. The van der Waals surface area contributed by atoms with Crippen LogP contribution in [-0.4, -0.2) is 25.7 Å². The quantitative estimate of drug-likeness (QED) is 0.766. The van der Waals surface area contributed by atoms with Crippen LogP contribution < -0.4 is 5.32 Å². The third-order valence-corrected chi connectivity index (χ3v) is 3.23. The minimum atomic E-state index is -0.163. The number of benzene rings is 1. The second-order valence-electron chi connectivity index (χ2n) is 4.64. The summed E-state index contributed by atoms with van der Waals surface area (Å²) in [5, 5.41) is 9.45. The summed E-state index contributed by atoms with van der Waals surface area (Å²) in [6.45, 7) is 2.16. The zero-order chi connectivity index (χ0) is 14.7. The van der Waals surface area contributed by atoms with Crippen LogP contribution in [-0.2, 0) is 6.54 Å². The van der Waals surface area contributed by atoms with Gasteiger partial charge in [0.05, 0.1) is 18.3 Å². The van der Waals surface area contributed by atoms with Gasteiger partial charge in [-0.1, -0.05) is 18.2 Å². The van der Waals surface area contributed by atoms with E-state index in [4.69, 9.17) is 0 Å². The Labute approximate surface area is 121 Å². The molecule has 3 rings (SSSR count). The summed E-state index contributed by atoms with van der Waals surface area (Å²) in [5.41, 5.74) is 2.31. The molecule has 2 heterocycles. The van der Waals surface area contributed by atoms with Gasteiger partial charge >= 0.3 is 0 Å². The van der Waals surface area contributed by atoms with Crippen molar-refractivity contribution in [3.05, 3.63) is 66.0 Å². The largest absolute Gasteiger partial charge is 0.345 e. The number of nitrogens with zero attached hydrogens (tertiary/aromatic N) is 3. The summed E-state index contributed by atoms with van der Waals surface area (Å²) in [6, 6.07) is 9.88. The number of imidazole rings is 1. The van der Waals surface area contributed by atoms with Gasteiger partial charge in [0.1, 0.15) is 5.82 Å². The van der Waals surface area contributed by atoms with Crippen LogP contribution in [0.1, 0.15) is 21.9 Å². The molecule has 0 aliphatic heterocycles. The highest BCUT2D eigenvalue weighted by Crippen LogP contribution is 2.10. The van der Waals surface area contributed by atoms with Gasteiger partial charge in [-0.3, -0.25) is 9.89 Å². The molecule has 106 valence electrons. The predicted molar refractivity (Wildman–Crippen MR) is 78.1 cm³/mol. The van der Waals surface area contributed by atoms with E-state index in [-0.39, 0.29) is 5.91 Å². The SMILES string of the molecule is Cc1[nH]ncc1C(=O)NCc1nccn1-c1ccccc1. The molecule has 0 saturated carbocycles. The monoisotopic (exact) mass is 281 g/mol. The Balaban J connectivity index is 1.74. The lowest BCUT2D eigenvalue weighted by Crippen LogP contribution is -2.24. The number of para-hydroxylation sites is 1. The number of aryl methyl sites for hydroxylation is 1. The first-order valence-electron chi connectivity index (χ1n) is 6.61. The van der Waals surface area contributed by atoms with E-state index in [1.807, 2.05) is 48.0 Å². The highest BCUT2D eigenvalue weighted by molar-refractivity contribution is 5.94. The van der Waals surface area contributed by atoms with Gasteiger partial charge in [0.2, 0.25) is 0 Å². The number of H-pyrrole nitrogens is 1. The Morgan fingerprint density at radius 3 is 2.86 bits per heavy atom.